The first kappa shape index (κ1) is 15.5. The maximum atomic E-state index is 5.94. The molecule has 0 radical (unpaired) electrons. The molecule has 0 N–H and O–H groups in total. The van der Waals surface area contributed by atoms with Crippen LogP contribution in [-0.4, -0.2) is 34.5 Å². The topological polar surface area (TPSA) is 27.1 Å². The van der Waals surface area contributed by atoms with Crippen molar-refractivity contribution in [3.05, 3.63) is 24.0 Å². The van der Waals surface area contributed by atoms with Gasteiger partial charge in [-0.3, -0.25) is 0 Å². The molecule has 2 rings (SSSR count). The second-order valence-electron chi connectivity index (χ2n) is 4.68. The van der Waals surface area contributed by atoms with Crippen molar-refractivity contribution in [3.8, 4) is 5.75 Å². The number of hydrogen-bond acceptors (Lipinski definition) is 3. The van der Waals surface area contributed by atoms with E-state index in [1.165, 1.54) is 0 Å². The van der Waals surface area contributed by atoms with E-state index in [1.54, 1.807) is 7.11 Å². The van der Waals surface area contributed by atoms with Crippen molar-refractivity contribution >= 4 is 34.4 Å². The van der Waals surface area contributed by atoms with Crippen LogP contribution in [0.4, 0.5) is 0 Å². The van der Waals surface area contributed by atoms with E-state index in [0.29, 0.717) is 11.9 Å². The maximum absolute atomic E-state index is 5.94. The number of alkyl halides is 1. The Kier molecular flexibility index (Phi) is 5.61. The minimum atomic E-state index is 0.445. The number of halogens is 1. The van der Waals surface area contributed by atoms with E-state index in [-0.39, 0.29) is 0 Å². The summed E-state index contributed by atoms with van der Waals surface area (Å²) in [7, 11) is 1.69. The number of hydrogen-bond donors (Lipinski definition) is 0. The molecule has 1 aromatic carbocycles. The SMILES string of the molecule is CCC(CSC)n1c(CCCl)nc2c(OC)cccc21. The Labute approximate surface area is 129 Å². The number of imidazole rings is 1. The van der Waals surface area contributed by atoms with Gasteiger partial charge in [-0.05, 0) is 24.8 Å². The van der Waals surface area contributed by atoms with E-state index in [0.717, 1.165) is 41.2 Å². The third-order valence-corrected chi connectivity index (χ3v) is 4.40. The fourth-order valence-corrected chi connectivity index (χ4v) is 3.48. The summed E-state index contributed by atoms with van der Waals surface area (Å²) < 4.78 is 7.78. The average molecular weight is 313 g/mol. The maximum Gasteiger partial charge on any atom is 0.146 e. The number of fused-ring (bicyclic) bond motifs is 1. The standard InChI is InChI=1S/C15H21ClN2OS/c1-4-11(10-20-3)18-12-6-5-7-13(19-2)15(12)17-14(18)8-9-16/h5-7,11H,4,8-10H2,1-3H3. The molecule has 1 aromatic heterocycles. The summed E-state index contributed by atoms with van der Waals surface area (Å²) in [4.78, 5) is 4.77. The van der Waals surface area contributed by atoms with Crippen molar-refractivity contribution in [2.45, 2.75) is 25.8 Å². The zero-order valence-electron chi connectivity index (χ0n) is 12.2. The van der Waals surface area contributed by atoms with Gasteiger partial charge in [-0.15, -0.1) is 11.6 Å². The highest BCUT2D eigenvalue weighted by Crippen LogP contribution is 2.30. The summed E-state index contributed by atoms with van der Waals surface area (Å²) in [5, 5.41) is 0. The predicted octanol–water partition coefficient (Wildman–Crippen LogP) is 4.14. The lowest BCUT2D eigenvalue weighted by Crippen LogP contribution is -2.14. The summed E-state index contributed by atoms with van der Waals surface area (Å²) in [6.07, 6.45) is 4.01. The van der Waals surface area contributed by atoms with Crippen LogP contribution in [0.3, 0.4) is 0 Å². The van der Waals surface area contributed by atoms with Gasteiger partial charge in [-0.2, -0.15) is 11.8 Å². The van der Waals surface area contributed by atoms with Crippen molar-refractivity contribution in [1.82, 2.24) is 9.55 Å². The fraction of sp³-hybridized carbons (Fsp3) is 0.533. The van der Waals surface area contributed by atoms with Crippen LogP contribution >= 0.6 is 23.4 Å². The van der Waals surface area contributed by atoms with Gasteiger partial charge in [0.05, 0.1) is 12.6 Å². The van der Waals surface area contributed by atoms with Crippen molar-refractivity contribution in [2.75, 3.05) is 25.0 Å². The van der Waals surface area contributed by atoms with E-state index < -0.39 is 0 Å². The van der Waals surface area contributed by atoms with E-state index in [1.807, 2.05) is 23.9 Å². The number of methoxy groups -OCH3 is 1. The van der Waals surface area contributed by atoms with E-state index in [4.69, 9.17) is 21.3 Å². The number of benzene rings is 1. The molecule has 0 amide bonds. The van der Waals surface area contributed by atoms with Crippen LogP contribution in [0.5, 0.6) is 5.75 Å². The largest absolute Gasteiger partial charge is 0.494 e. The fourth-order valence-electron chi connectivity index (χ4n) is 2.54. The highest BCUT2D eigenvalue weighted by atomic mass is 35.5. The molecular weight excluding hydrogens is 292 g/mol. The molecule has 0 saturated carbocycles. The third-order valence-electron chi connectivity index (χ3n) is 3.49. The molecule has 0 saturated heterocycles. The number of nitrogens with zero attached hydrogens (tertiary/aromatic N) is 2. The highest BCUT2D eigenvalue weighted by Gasteiger charge is 2.19. The Morgan fingerprint density at radius 2 is 2.25 bits per heavy atom. The van der Waals surface area contributed by atoms with Gasteiger partial charge in [-0.1, -0.05) is 13.0 Å². The molecule has 0 fully saturated rings. The zero-order chi connectivity index (χ0) is 14.5. The molecule has 20 heavy (non-hydrogen) atoms. The molecule has 0 spiro atoms. The van der Waals surface area contributed by atoms with Crippen LogP contribution in [0, 0.1) is 0 Å². The first-order valence-electron chi connectivity index (χ1n) is 6.85. The Morgan fingerprint density at radius 3 is 2.85 bits per heavy atom. The van der Waals surface area contributed by atoms with Gasteiger partial charge in [0.25, 0.3) is 0 Å². The Hall–Kier alpha value is -0.870. The number of para-hydroxylation sites is 1. The molecule has 0 bridgehead atoms. The van der Waals surface area contributed by atoms with E-state index >= 15 is 0 Å². The van der Waals surface area contributed by atoms with Gasteiger partial charge in [0.1, 0.15) is 17.1 Å². The summed E-state index contributed by atoms with van der Waals surface area (Å²) in [5.41, 5.74) is 2.08. The van der Waals surface area contributed by atoms with Gasteiger partial charge in [0.2, 0.25) is 0 Å². The van der Waals surface area contributed by atoms with E-state index in [9.17, 15) is 0 Å². The number of aryl methyl sites for hydroxylation is 1. The molecule has 0 aliphatic heterocycles. The highest BCUT2D eigenvalue weighted by molar-refractivity contribution is 7.98. The van der Waals surface area contributed by atoms with Crippen LogP contribution < -0.4 is 4.74 Å². The lowest BCUT2D eigenvalue weighted by atomic mass is 10.2. The Balaban J connectivity index is 2.61. The third kappa shape index (κ3) is 2.91. The monoisotopic (exact) mass is 312 g/mol. The first-order valence-corrected chi connectivity index (χ1v) is 8.78. The summed E-state index contributed by atoms with van der Waals surface area (Å²) >= 11 is 7.81. The van der Waals surface area contributed by atoms with Crippen molar-refractivity contribution in [3.63, 3.8) is 0 Å². The molecule has 1 heterocycles. The molecule has 110 valence electrons. The van der Waals surface area contributed by atoms with Crippen LogP contribution in [0.2, 0.25) is 0 Å². The Bertz CT molecular complexity index is 570. The second-order valence-corrected chi connectivity index (χ2v) is 5.97. The van der Waals surface area contributed by atoms with Gasteiger partial charge in [0, 0.05) is 24.1 Å². The number of aromatic nitrogens is 2. The molecule has 3 nitrogen and oxygen atoms in total. The molecule has 1 atom stereocenters. The number of ether oxygens (including phenoxy) is 1. The summed E-state index contributed by atoms with van der Waals surface area (Å²) in [6.45, 7) is 2.22. The molecule has 1 unspecified atom stereocenters. The quantitative estimate of drug-likeness (QED) is 0.719. The molecule has 2 aromatic rings. The second kappa shape index (κ2) is 7.23. The van der Waals surface area contributed by atoms with Crippen LogP contribution in [0.1, 0.15) is 25.2 Å². The summed E-state index contributed by atoms with van der Waals surface area (Å²) in [6, 6.07) is 6.54. The van der Waals surface area contributed by atoms with Crippen LogP contribution in [0.25, 0.3) is 11.0 Å². The zero-order valence-corrected chi connectivity index (χ0v) is 13.8. The smallest absolute Gasteiger partial charge is 0.146 e. The van der Waals surface area contributed by atoms with Gasteiger partial charge in [-0.25, -0.2) is 4.98 Å². The molecule has 0 aliphatic carbocycles. The van der Waals surface area contributed by atoms with E-state index in [2.05, 4.69) is 23.8 Å². The first-order chi connectivity index (χ1) is 9.76. The molecule has 5 heteroatoms. The van der Waals surface area contributed by atoms with Crippen molar-refractivity contribution in [1.29, 1.82) is 0 Å². The van der Waals surface area contributed by atoms with Crippen molar-refractivity contribution in [2.24, 2.45) is 0 Å². The normalized spacial score (nSPS) is 12.8. The minimum absolute atomic E-state index is 0.445. The van der Waals surface area contributed by atoms with Gasteiger partial charge in [0.15, 0.2) is 0 Å². The number of thioether (sulfide) groups is 1. The van der Waals surface area contributed by atoms with Crippen LogP contribution in [-0.2, 0) is 6.42 Å². The molecular formula is C15H21ClN2OS. The lowest BCUT2D eigenvalue weighted by Gasteiger charge is -2.19. The lowest BCUT2D eigenvalue weighted by molar-refractivity contribution is 0.419. The Morgan fingerprint density at radius 1 is 1.45 bits per heavy atom. The molecule has 0 aliphatic rings. The van der Waals surface area contributed by atoms with Gasteiger partial charge < -0.3 is 9.30 Å². The van der Waals surface area contributed by atoms with Gasteiger partial charge >= 0.3 is 0 Å². The minimum Gasteiger partial charge on any atom is -0.494 e. The average Bonchev–Trinajstić information content (AvgIpc) is 2.83. The van der Waals surface area contributed by atoms with Crippen LogP contribution in [0.15, 0.2) is 18.2 Å². The predicted molar refractivity (Wildman–Crippen MR) is 88.4 cm³/mol. The number of rotatable bonds is 7. The van der Waals surface area contributed by atoms with Crippen molar-refractivity contribution < 1.29 is 4.74 Å². The summed E-state index contributed by atoms with van der Waals surface area (Å²) in [5.74, 6) is 3.55.